The molecule has 3 nitrogen and oxygen atoms in total. The number of carbonyl (C=O) groups excluding carboxylic acids is 1. The average molecular weight is 283 g/mol. The van der Waals surface area contributed by atoms with Crippen LogP contribution in [0.25, 0.3) is 0 Å². The van der Waals surface area contributed by atoms with Gasteiger partial charge in [-0.1, -0.05) is 42.0 Å². The van der Waals surface area contributed by atoms with Crippen molar-refractivity contribution in [1.29, 1.82) is 0 Å². The molecule has 0 bridgehead atoms. The predicted molar refractivity (Wildman–Crippen MR) is 84.6 cm³/mol. The Hall–Kier alpha value is -2.29. The molecule has 2 aromatic carbocycles. The van der Waals surface area contributed by atoms with Gasteiger partial charge in [0.05, 0.1) is 13.0 Å². The van der Waals surface area contributed by atoms with E-state index in [9.17, 15) is 4.79 Å². The summed E-state index contributed by atoms with van der Waals surface area (Å²) in [6, 6.07) is 15.7. The minimum absolute atomic E-state index is 0.0265. The van der Waals surface area contributed by atoms with Gasteiger partial charge in [0.25, 0.3) is 0 Å². The lowest BCUT2D eigenvalue weighted by atomic mass is 10.0. The van der Waals surface area contributed by atoms with Crippen LogP contribution in [0.3, 0.4) is 0 Å². The van der Waals surface area contributed by atoms with Gasteiger partial charge in [0, 0.05) is 0 Å². The molecular formula is C18H21NO2. The molecule has 3 heteroatoms. The van der Waals surface area contributed by atoms with Crippen molar-refractivity contribution in [3.05, 3.63) is 65.2 Å². The molecule has 0 aliphatic rings. The van der Waals surface area contributed by atoms with Gasteiger partial charge in [-0.15, -0.1) is 0 Å². The molecule has 1 N–H and O–H groups in total. The number of ether oxygens (including phenoxy) is 1. The van der Waals surface area contributed by atoms with Crippen LogP contribution in [0.1, 0.15) is 16.7 Å². The topological polar surface area (TPSA) is 38.3 Å². The monoisotopic (exact) mass is 283 g/mol. The first-order valence-corrected chi connectivity index (χ1v) is 7.16. The third-order valence-electron chi connectivity index (χ3n) is 3.29. The Kier molecular flexibility index (Phi) is 5.38. The molecule has 21 heavy (non-hydrogen) atoms. The summed E-state index contributed by atoms with van der Waals surface area (Å²) in [6.07, 6.45) is 0.414. The molecule has 0 saturated carbocycles. The van der Waals surface area contributed by atoms with E-state index in [1.54, 1.807) is 0 Å². The van der Waals surface area contributed by atoms with Crippen molar-refractivity contribution in [2.45, 2.75) is 20.3 Å². The van der Waals surface area contributed by atoms with Crippen molar-refractivity contribution < 1.29 is 9.53 Å². The zero-order valence-electron chi connectivity index (χ0n) is 12.6. The van der Waals surface area contributed by atoms with Crippen molar-refractivity contribution in [2.24, 2.45) is 0 Å². The Bertz CT molecular complexity index is 593. The van der Waals surface area contributed by atoms with E-state index in [0.717, 1.165) is 16.9 Å². The summed E-state index contributed by atoms with van der Waals surface area (Å²) < 4.78 is 5.53. The molecule has 110 valence electrons. The molecule has 0 spiro atoms. The zero-order chi connectivity index (χ0) is 15.1. The maximum absolute atomic E-state index is 11.9. The minimum atomic E-state index is 0.0265. The summed E-state index contributed by atoms with van der Waals surface area (Å²) in [4.78, 5) is 11.9. The number of hydrogen-bond acceptors (Lipinski definition) is 2. The van der Waals surface area contributed by atoms with Crippen LogP contribution < -0.4 is 10.1 Å². The fraction of sp³-hybridized carbons (Fsp3) is 0.278. The van der Waals surface area contributed by atoms with Crippen LogP contribution in [0.2, 0.25) is 0 Å². The van der Waals surface area contributed by atoms with Crippen molar-refractivity contribution in [2.75, 3.05) is 13.2 Å². The molecule has 0 unspecified atom stereocenters. The van der Waals surface area contributed by atoms with E-state index in [1.807, 2.05) is 49.4 Å². The van der Waals surface area contributed by atoms with Gasteiger partial charge in [-0.05, 0) is 37.1 Å². The SMILES string of the molecule is Cc1ccc(CC(=O)NCCOc2ccccc2)c(C)c1. The third-order valence-corrected chi connectivity index (χ3v) is 3.29. The standard InChI is InChI=1S/C18H21NO2/c1-14-8-9-16(15(2)12-14)13-18(20)19-10-11-21-17-6-4-3-5-7-17/h3-9,12H,10-11,13H2,1-2H3,(H,19,20). The van der Waals surface area contributed by atoms with Crippen LogP contribution in [0.4, 0.5) is 0 Å². The second-order valence-electron chi connectivity index (χ2n) is 5.12. The van der Waals surface area contributed by atoms with E-state index in [4.69, 9.17) is 4.74 Å². The summed E-state index contributed by atoms with van der Waals surface area (Å²) in [7, 11) is 0. The number of hydrogen-bond donors (Lipinski definition) is 1. The summed E-state index contributed by atoms with van der Waals surface area (Å²) in [5.74, 6) is 0.847. The number of aryl methyl sites for hydroxylation is 2. The zero-order valence-corrected chi connectivity index (χ0v) is 12.6. The molecule has 2 rings (SSSR count). The summed E-state index contributed by atoms with van der Waals surface area (Å²) in [6.45, 7) is 5.08. The normalized spacial score (nSPS) is 10.2. The molecule has 1 amide bonds. The molecule has 0 aliphatic carbocycles. The fourth-order valence-electron chi connectivity index (χ4n) is 2.16. The Morgan fingerprint density at radius 2 is 1.86 bits per heavy atom. The van der Waals surface area contributed by atoms with Gasteiger partial charge in [-0.25, -0.2) is 0 Å². The highest BCUT2D eigenvalue weighted by Gasteiger charge is 2.05. The number of amides is 1. The Labute approximate surface area is 126 Å². The van der Waals surface area contributed by atoms with Gasteiger partial charge in [0.15, 0.2) is 0 Å². The van der Waals surface area contributed by atoms with Crippen molar-refractivity contribution in [1.82, 2.24) is 5.32 Å². The van der Waals surface area contributed by atoms with Gasteiger partial charge in [-0.2, -0.15) is 0 Å². The maximum Gasteiger partial charge on any atom is 0.224 e. The predicted octanol–water partition coefficient (Wildman–Crippen LogP) is 3.04. The highest BCUT2D eigenvalue weighted by Crippen LogP contribution is 2.11. The third kappa shape index (κ3) is 4.95. The Morgan fingerprint density at radius 3 is 2.57 bits per heavy atom. The van der Waals surface area contributed by atoms with E-state index >= 15 is 0 Å². The molecule has 0 heterocycles. The van der Waals surface area contributed by atoms with Crippen LogP contribution in [0, 0.1) is 13.8 Å². The second kappa shape index (κ2) is 7.48. The summed E-state index contributed by atoms with van der Waals surface area (Å²) in [5.41, 5.74) is 3.45. The first-order valence-electron chi connectivity index (χ1n) is 7.16. The number of nitrogens with one attached hydrogen (secondary N) is 1. The summed E-state index contributed by atoms with van der Waals surface area (Å²) in [5, 5.41) is 2.88. The van der Waals surface area contributed by atoms with E-state index in [0.29, 0.717) is 19.6 Å². The van der Waals surface area contributed by atoms with E-state index in [-0.39, 0.29) is 5.91 Å². The van der Waals surface area contributed by atoms with Crippen LogP contribution >= 0.6 is 0 Å². The second-order valence-corrected chi connectivity index (χ2v) is 5.12. The Morgan fingerprint density at radius 1 is 1.10 bits per heavy atom. The van der Waals surface area contributed by atoms with E-state index in [1.165, 1.54) is 5.56 Å². The fourth-order valence-corrected chi connectivity index (χ4v) is 2.16. The summed E-state index contributed by atoms with van der Waals surface area (Å²) >= 11 is 0. The molecular weight excluding hydrogens is 262 g/mol. The van der Waals surface area contributed by atoms with E-state index < -0.39 is 0 Å². The van der Waals surface area contributed by atoms with Crippen LogP contribution in [0.5, 0.6) is 5.75 Å². The number of carbonyl (C=O) groups is 1. The molecule has 0 radical (unpaired) electrons. The number of benzene rings is 2. The van der Waals surface area contributed by atoms with Crippen LogP contribution in [0.15, 0.2) is 48.5 Å². The van der Waals surface area contributed by atoms with Crippen LogP contribution in [-0.4, -0.2) is 19.1 Å². The largest absolute Gasteiger partial charge is 0.492 e. The number of para-hydroxylation sites is 1. The van der Waals surface area contributed by atoms with Gasteiger partial charge in [0.2, 0.25) is 5.91 Å². The highest BCUT2D eigenvalue weighted by molar-refractivity contribution is 5.78. The van der Waals surface area contributed by atoms with E-state index in [2.05, 4.69) is 18.3 Å². The smallest absolute Gasteiger partial charge is 0.224 e. The lowest BCUT2D eigenvalue weighted by Gasteiger charge is -2.09. The van der Waals surface area contributed by atoms with Crippen LogP contribution in [-0.2, 0) is 11.2 Å². The van der Waals surface area contributed by atoms with Gasteiger partial charge >= 0.3 is 0 Å². The molecule has 0 aliphatic heterocycles. The van der Waals surface area contributed by atoms with Crippen molar-refractivity contribution in [3.63, 3.8) is 0 Å². The molecule has 2 aromatic rings. The first-order chi connectivity index (χ1) is 10.1. The average Bonchev–Trinajstić information content (AvgIpc) is 2.48. The molecule has 0 atom stereocenters. The minimum Gasteiger partial charge on any atom is -0.492 e. The van der Waals surface area contributed by atoms with Gasteiger partial charge < -0.3 is 10.1 Å². The Balaban J connectivity index is 1.72. The van der Waals surface area contributed by atoms with Gasteiger partial charge in [-0.3, -0.25) is 4.79 Å². The lowest BCUT2D eigenvalue weighted by Crippen LogP contribution is -2.29. The van der Waals surface area contributed by atoms with Crippen molar-refractivity contribution in [3.8, 4) is 5.75 Å². The molecule has 0 fully saturated rings. The lowest BCUT2D eigenvalue weighted by molar-refractivity contribution is -0.120. The first kappa shape index (κ1) is 15.1. The molecule has 0 aromatic heterocycles. The van der Waals surface area contributed by atoms with Crippen molar-refractivity contribution >= 4 is 5.91 Å². The highest BCUT2D eigenvalue weighted by atomic mass is 16.5. The quantitative estimate of drug-likeness (QED) is 0.828. The maximum atomic E-state index is 11.9. The van der Waals surface area contributed by atoms with Gasteiger partial charge in [0.1, 0.15) is 12.4 Å². The number of rotatable bonds is 6. The molecule has 0 saturated heterocycles.